The van der Waals surface area contributed by atoms with Crippen molar-refractivity contribution in [3.05, 3.63) is 63.6 Å². The molecule has 2 aliphatic heterocycles. The van der Waals surface area contributed by atoms with Crippen molar-refractivity contribution in [3.63, 3.8) is 0 Å². The number of Topliss-reactive ketones (excluding diaryl/α,β-unsaturated/α-hetero) is 1. The zero-order valence-corrected chi connectivity index (χ0v) is 19.0. The van der Waals surface area contributed by atoms with E-state index in [9.17, 15) is 14.7 Å². The molecule has 0 bridgehead atoms. The van der Waals surface area contributed by atoms with E-state index < -0.39 is 17.7 Å². The zero-order chi connectivity index (χ0) is 22.5. The third-order valence-corrected chi connectivity index (χ3v) is 6.62. The van der Waals surface area contributed by atoms with Gasteiger partial charge in [0.25, 0.3) is 5.91 Å². The van der Waals surface area contributed by atoms with E-state index in [2.05, 4.69) is 4.90 Å². The second-order valence-corrected chi connectivity index (χ2v) is 8.73. The Balaban J connectivity index is 1.61. The molecule has 0 spiro atoms. The smallest absolute Gasteiger partial charge is 0.290 e. The van der Waals surface area contributed by atoms with Gasteiger partial charge in [-0.2, -0.15) is 0 Å². The van der Waals surface area contributed by atoms with Crippen LogP contribution in [-0.4, -0.2) is 72.6 Å². The molecule has 0 aliphatic carbocycles. The van der Waals surface area contributed by atoms with Gasteiger partial charge < -0.3 is 19.5 Å². The second kappa shape index (κ2) is 10.3. The van der Waals surface area contributed by atoms with Gasteiger partial charge in [0.2, 0.25) is 5.78 Å². The first-order valence-electron chi connectivity index (χ1n) is 10.9. The lowest BCUT2D eigenvalue weighted by Gasteiger charge is -2.30. The molecule has 7 nitrogen and oxygen atoms in total. The van der Waals surface area contributed by atoms with Gasteiger partial charge >= 0.3 is 0 Å². The van der Waals surface area contributed by atoms with Gasteiger partial charge in [-0.05, 0) is 42.5 Å². The molecule has 1 N–H and O–H groups in total. The highest BCUT2D eigenvalue weighted by atomic mass is 32.1. The highest BCUT2D eigenvalue weighted by Gasteiger charge is 2.43. The Morgan fingerprint density at radius 3 is 2.75 bits per heavy atom. The molecule has 2 aliphatic rings. The molecule has 3 heterocycles. The largest absolute Gasteiger partial charge is 0.503 e. The SMILES string of the molecule is CCOc1cccc(C2C(C(=O)c3cccs3)=C(O)C(=O)N2CCCN2CCOCC2)c1. The van der Waals surface area contributed by atoms with Crippen molar-refractivity contribution >= 4 is 23.0 Å². The summed E-state index contributed by atoms with van der Waals surface area (Å²) in [5.41, 5.74) is 0.886. The summed E-state index contributed by atoms with van der Waals surface area (Å²) in [6.07, 6.45) is 0.737. The molecule has 1 fully saturated rings. The van der Waals surface area contributed by atoms with Gasteiger partial charge in [0.05, 0.1) is 36.3 Å². The topological polar surface area (TPSA) is 79.3 Å². The highest BCUT2D eigenvalue weighted by Crippen LogP contribution is 2.40. The van der Waals surface area contributed by atoms with Crippen LogP contribution in [-0.2, 0) is 9.53 Å². The van der Waals surface area contributed by atoms with Crippen molar-refractivity contribution in [1.29, 1.82) is 0 Å². The number of benzene rings is 1. The maximum absolute atomic E-state index is 13.3. The number of amides is 1. The molecule has 1 atom stereocenters. The lowest BCUT2D eigenvalue weighted by molar-refractivity contribution is -0.129. The van der Waals surface area contributed by atoms with Crippen LogP contribution in [0.4, 0.5) is 0 Å². The number of ether oxygens (including phenoxy) is 2. The first kappa shape index (κ1) is 22.5. The fraction of sp³-hybridized carbons (Fsp3) is 0.417. The average Bonchev–Trinajstić information content (AvgIpc) is 3.43. The number of ketones is 1. The van der Waals surface area contributed by atoms with E-state index in [1.807, 2.05) is 36.6 Å². The second-order valence-electron chi connectivity index (χ2n) is 7.78. The van der Waals surface area contributed by atoms with E-state index in [1.165, 1.54) is 11.3 Å². The van der Waals surface area contributed by atoms with Crippen molar-refractivity contribution in [2.24, 2.45) is 0 Å². The van der Waals surface area contributed by atoms with Crippen LogP contribution in [0.3, 0.4) is 0 Å². The molecule has 170 valence electrons. The summed E-state index contributed by atoms with van der Waals surface area (Å²) in [5, 5.41) is 12.6. The van der Waals surface area contributed by atoms with Gasteiger partial charge in [-0.3, -0.25) is 14.5 Å². The molecule has 1 aromatic carbocycles. The molecule has 1 unspecified atom stereocenters. The molecule has 0 saturated carbocycles. The summed E-state index contributed by atoms with van der Waals surface area (Å²) in [6, 6.07) is 10.3. The van der Waals surface area contributed by atoms with Gasteiger partial charge in [-0.1, -0.05) is 18.2 Å². The predicted molar refractivity (Wildman–Crippen MR) is 122 cm³/mol. The number of morpholine rings is 1. The van der Waals surface area contributed by atoms with Crippen LogP contribution in [0.25, 0.3) is 0 Å². The van der Waals surface area contributed by atoms with Crippen LogP contribution in [0, 0.1) is 0 Å². The lowest BCUT2D eigenvalue weighted by atomic mass is 9.95. The highest BCUT2D eigenvalue weighted by molar-refractivity contribution is 7.12. The normalized spacial score (nSPS) is 19.6. The van der Waals surface area contributed by atoms with Crippen LogP contribution < -0.4 is 4.74 Å². The van der Waals surface area contributed by atoms with Crippen molar-refractivity contribution in [2.75, 3.05) is 46.0 Å². The molecule has 8 heteroatoms. The Morgan fingerprint density at radius 1 is 1.22 bits per heavy atom. The average molecular weight is 457 g/mol. The van der Waals surface area contributed by atoms with E-state index in [1.54, 1.807) is 17.0 Å². The molecular weight excluding hydrogens is 428 g/mol. The third-order valence-electron chi connectivity index (χ3n) is 5.76. The minimum atomic E-state index is -0.651. The van der Waals surface area contributed by atoms with E-state index in [-0.39, 0.29) is 11.4 Å². The van der Waals surface area contributed by atoms with Crippen LogP contribution in [0.2, 0.25) is 0 Å². The number of carbonyl (C=O) groups is 2. The molecule has 1 saturated heterocycles. The fourth-order valence-corrected chi connectivity index (χ4v) is 4.91. The number of hydrogen-bond donors (Lipinski definition) is 1. The van der Waals surface area contributed by atoms with Crippen LogP contribution in [0.1, 0.15) is 34.6 Å². The molecule has 1 amide bonds. The number of carbonyl (C=O) groups excluding carboxylic acids is 2. The minimum Gasteiger partial charge on any atom is -0.503 e. The Kier molecular flexibility index (Phi) is 7.24. The zero-order valence-electron chi connectivity index (χ0n) is 18.2. The Labute approximate surface area is 191 Å². The number of hydrogen-bond acceptors (Lipinski definition) is 7. The number of nitrogens with zero attached hydrogens (tertiary/aromatic N) is 2. The lowest BCUT2D eigenvalue weighted by Crippen LogP contribution is -2.39. The predicted octanol–water partition coefficient (Wildman–Crippen LogP) is 3.45. The van der Waals surface area contributed by atoms with Crippen molar-refractivity contribution in [3.8, 4) is 5.75 Å². The van der Waals surface area contributed by atoms with Crippen LogP contribution in [0.15, 0.2) is 53.1 Å². The molecular formula is C24H28N2O5S. The monoisotopic (exact) mass is 456 g/mol. The van der Waals surface area contributed by atoms with Gasteiger partial charge in [0.1, 0.15) is 5.75 Å². The maximum Gasteiger partial charge on any atom is 0.290 e. The third kappa shape index (κ3) is 4.72. The quantitative estimate of drug-likeness (QED) is 0.583. The number of rotatable bonds is 9. The van der Waals surface area contributed by atoms with Gasteiger partial charge in [0, 0.05) is 26.2 Å². The molecule has 2 aromatic rings. The van der Waals surface area contributed by atoms with Gasteiger partial charge in [-0.25, -0.2) is 0 Å². The first-order valence-corrected chi connectivity index (χ1v) is 11.8. The summed E-state index contributed by atoms with van der Waals surface area (Å²) in [7, 11) is 0. The molecule has 0 radical (unpaired) electrons. The standard InChI is InChI=1S/C24H28N2O5S/c1-2-31-18-7-3-6-17(16-18)21-20(22(27)19-8-4-15-32-19)23(28)24(29)26(21)10-5-9-25-11-13-30-14-12-25/h3-4,6-8,15-16,21,28H,2,5,9-14H2,1H3. The van der Waals surface area contributed by atoms with E-state index in [4.69, 9.17) is 9.47 Å². The van der Waals surface area contributed by atoms with Gasteiger partial charge in [-0.15, -0.1) is 11.3 Å². The summed E-state index contributed by atoms with van der Waals surface area (Å²) in [6.45, 7) is 6.87. The van der Waals surface area contributed by atoms with Crippen LogP contribution in [0.5, 0.6) is 5.75 Å². The first-order chi connectivity index (χ1) is 15.6. The van der Waals surface area contributed by atoms with Gasteiger partial charge in [0.15, 0.2) is 5.76 Å². The Bertz CT molecular complexity index is 982. The fourth-order valence-electron chi connectivity index (χ4n) is 4.23. The summed E-state index contributed by atoms with van der Waals surface area (Å²) >= 11 is 1.30. The number of thiophene rings is 1. The summed E-state index contributed by atoms with van der Waals surface area (Å²) < 4.78 is 11.0. The molecule has 1 aromatic heterocycles. The number of aliphatic hydroxyl groups excluding tert-OH is 1. The molecule has 32 heavy (non-hydrogen) atoms. The summed E-state index contributed by atoms with van der Waals surface area (Å²) in [5.74, 6) is -0.603. The van der Waals surface area contributed by atoms with E-state index >= 15 is 0 Å². The Morgan fingerprint density at radius 2 is 2.03 bits per heavy atom. The summed E-state index contributed by atoms with van der Waals surface area (Å²) in [4.78, 5) is 30.8. The number of aliphatic hydroxyl groups is 1. The maximum atomic E-state index is 13.3. The van der Waals surface area contributed by atoms with E-state index in [0.717, 1.165) is 44.8 Å². The van der Waals surface area contributed by atoms with Crippen LogP contribution >= 0.6 is 11.3 Å². The van der Waals surface area contributed by atoms with Crippen molar-refractivity contribution < 1.29 is 24.2 Å². The van der Waals surface area contributed by atoms with E-state index in [0.29, 0.717) is 23.8 Å². The van der Waals surface area contributed by atoms with Crippen molar-refractivity contribution in [1.82, 2.24) is 9.80 Å². The Hall–Kier alpha value is -2.68. The molecule has 4 rings (SSSR count). The van der Waals surface area contributed by atoms with Crippen molar-refractivity contribution in [2.45, 2.75) is 19.4 Å². The minimum absolute atomic E-state index is 0.137.